The number of hydrogen-bond acceptors (Lipinski definition) is 4. The van der Waals surface area contributed by atoms with Crippen LogP contribution in [0.15, 0.2) is 45.9 Å². The minimum Gasteiger partial charge on any atom is -0.493 e. The Labute approximate surface area is 131 Å². The van der Waals surface area contributed by atoms with Gasteiger partial charge in [-0.3, -0.25) is 4.79 Å². The van der Waals surface area contributed by atoms with Gasteiger partial charge in [-0.1, -0.05) is 6.07 Å². The highest BCUT2D eigenvalue weighted by molar-refractivity contribution is 14.1. The van der Waals surface area contributed by atoms with Crippen molar-refractivity contribution in [1.82, 2.24) is 4.98 Å². The SMILES string of the molecule is O=C(N=Nc1c(O)[nH]c2ccc(I)cc12)c1cccs1. The Balaban J connectivity index is 2.00. The molecule has 3 aromatic rings. The molecule has 0 spiro atoms. The Morgan fingerprint density at radius 3 is 2.95 bits per heavy atom. The van der Waals surface area contributed by atoms with E-state index in [9.17, 15) is 9.90 Å². The number of H-pyrrole nitrogens is 1. The van der Waals surface area contributed by atoms with Crippen LogP contribution in [0.25, 0.3) is 10.9 Å². The van der Waals surface area contributed by atoms with Crippen LogP contribution in [0, 0.1) is 3.57 Å². The molecule has 2 heterocycles. The van der Waals surface area contributed by atoms with Crippen molar-refractivity contribution in [3.05, 3.63) is 44.2 Å². The summed E-state index contributed by atoms with van der Waals surface area (Å²) in [7, 11) is 0. The third-order valence-corrected chi connectivity index (χ3v) is 4.22. The number of thiophene rings is 1. The van der Waals surface area contributed by atoms with E-state index in [1.54, 1.807) is 17.5 Å². The predicted molar refractivity (Wildman–Crippen MR) is 85.8 cm³/mol. The number of halogens is 1. The van der Waals surface area contributed by atoms with Gasteiger partial charge in [-0.2, -0.15) is 0 Å². The smallest absolute Gasteiger partial charge is 0.305 e. The zero-order valence-electron chi connectivity index (χ0n) is 10.0. The fourth-order valence-electron chi connectivity index (χ4n) is 1.78. The first-order valence-electron chi connectivity index (χ1n) is 5.65. The molecule has 0 aliphatic carbocycles. The number of fused-ring (bicyclic) bond motifs is 1. The van der Waals surface area contributed by atoms with E-state index in [4.69, 9.17) is 0 Å². The van der Waals surface area contributed by atoms with E-state index in [1.165, 1.54) is 11.3 Å². The third kappa shape index (κ3) is 2.46. The number of benzene rings is 1. The highest BCUT2D eigenvalue weighted by Gasteiger charge is 2.12. The lowest BCUT2D eigenvalue weighted by atomic mass is 10.2. The minimum absolute atomic E-state index is 0.0928. The summed E-state index contributed by atoms with van der Waals surface area (Å²) >= 11 is 3.47. The molecule has 2 N–H and O–H groups in total. The highest BCUT2D eigenvalue weighted by Crippen LogP contribution is 2.36. The second-order valence-electron chi connectivity index (χ2n) is 3.99. The fourth-order valence-corrected chi connectivity index (χ4v) is 2.88. The van der Waals surface area contributed by atoms with Crippen LogP contribution in [0.2, 0.25) is 0 Å². The van der Waals surface area contributed by atoms with Gasteiger partial charge in [0.25, 0.3) is 0 Å². The summed E-state index contributed by atoms with van der Waals surface area (Å²) in [4.78, 5) is 15.1. The summed E-state index contributed by atoms with van der Waals surface area (Å²) in [6.07, 6.45) is 0. The van der Waals surface area contributed by atoms with Gasteiger partial charge in [0, 0.05) is 8.96 Å². The van der Waals surface area contributed by atoms with Gasteiger partial charge in [-0.25, -0.2) is 0 Å². The van der Waals surface area contributed by atoms with Crippen LogP contribution in [0.3, 0.4) is 0 Å². The molecular formula is C13H8IN3O2S. The van der Waals surface area contributed by atoms with E-state index < -0.39 is 5.91 Å². The molecule has 1 amide bonds. The molecule has 0 unspecified atom stereocenters. The Morgan fingerprint density at radius 2 is 2.20 bits per heavy atom. The maximum Gasteiger partial charge on any atom is 0.305 e. The number of carbonyl (C=O) groups excluding carboxylic acids is 1. The first kappa shape index (κ1) is 13.3. The van der Waals surface area contributed by atoms with Gasteiger partial charge in [0.15, 0.2) is 5.69 Å². The molecule has 0 fully saturated rings. The third-order valence-electron chi connectivity index (χ3n) is 2.69. The molecule has 5 nitrogen and oxygen atoms in total. The number of hydrogen-bond donors (Lipinski definition) is 2. The van der Waals surface area contributed by atoms with Crippen molar-refractivity contribution < 1.29 is 9.90 Å². The van der Waals surface area contributed by atoms with Crippen molar-refractivity contribution in [1.29, 1.82) is 0 Å². The van der Waals surface area contributed by atoms with E-state index in [-0.39, 0.29) is 11.6 Å². The Kier molecular flexibility index (Phi) is 3.53. The molecule has 0 saturated carbocycles. The zero-order chi connectivity index (χ0) is 14.1. The van der Waals surface area contributed by atoms with E-state index >= 15 is 0 Å². The first-order chi connectivity index (χ1) is 9.65. The van der Waals surface area contributed by atoms with Gasteiger partial charge >= 0.3 is 5.91 Å². The van der Waals surface area contributed by atoms with Crippen LogP contribution in [-0.4, -0.2) is 16.0 Å². The maximum absolute atomic E-state index is 11.8. The predicted octanol–water partition coefficient (Wildman–Crippen LogP) is 4.46. The summed E-state index contributed by atoms with van der Waals surface area (Å²) in [6, 6.07) is 9.09. The molecule has 0 bridgehead atoms. The van der Waals surface area contributed by atoms with E-state index in [2.05, 4.69) is 37.8 Å². The Hall–Kier alpha value is -1.74. The largest absolute Gasteiger partial charge is 0.493 e. The number of aromatic amines is 1. The summed E-state index contributed by atoms with van der Waals surface area (Å²) < 4.78 is 1.01. The average Bonchev–Trinajstić information content (AvgIpc) is 3.04. The Morgan fingerprint density at radius 1 is 1.35 bits per heavy atom. The van der Waals surface area contributed by atoms with Crippen LogP contribution in [-0.2, 0) is 0 Å². The molecule has 0 aliphatic heterocycles. The topological polar surface area (TPSA) is 77.8 Å². The lowest BCUT2D eigenvalue weighted by molar-refractivity contribution is 0.0999. The molecule has 2 aromatic heterocycles. The summed E-state index contributed by atoms with van der Waals surface area (Å²) in [5, 5.41) is 19.9. The Bertz CT molecular complexity index is 809. The first-order valence-corrected chi connectivity index (χ1v) is 7.61. The second kappa shape index (κ2) is 5.33. The van der Waals surface area contributed by atoms with Crippen LogP contribution in [0.1, 0.15) is 9.67 Å². The van der Waals surface area contributed by atoms with Gasteiger partial charge in [-0.15, -0.1) is 21.6 Å². The van der Waals surface area contributed by atoms with Crippen molar-refractivity contribution in [2.75, 3.05) is 0 Å². The van der Waals surface area contributed by atoms with Gasteiger partial charge in [-0.05, 0) is 52.2 Å². The monoisotopic (exact) mass is 397 g/mol. The lowest BCUT2D eigenvalue weighted by Crippen LogP contribution is -1.87. The van der Waals surface area contributed by atoms with Crippen LogP contribution in [0.4, 0.5) is 5.69 Å². The summed E-state index contributed by atoms with van der Waals surface area (Å²) in [5.41, 5.74) is 1.03. The van der Waals surface area contributed by atoms with Crippen molar-refractivity contribution >= 4 is 56.4 Å². The van der Waals surface area contributed by atoms with Gasteiger partial charge in [0.05, 0.1) is 10.4 Å². The van der Waals surface area contributed by atoms with Crippen molar-refractivity contribution in [3.63, 3.8) is 0 Å². The summed E-state index contributed by atoms with van der Waals surface area (Å²) in [5.74, 6) is -0.510. The fraction of sp³-hybridized carbons (Fsp3) is 0. The maximum atomic E-state index is 11.8. The number of aromatic hydroxyl groups is 1. The molecule has 0 radical (unpaired) electrons. The average molecular weight is 397 g/mol. The van der Waals surface area contributed by atoms with Crippen molar-refractivity contribution in [2.24, 2.45) is 10.2 Å². The van der Waals surface area contributed by atoms with Crippen LogP contribution in [0.5, 0.6) is 5.88 Å². The number of rotatable bonds is 2. The highest BCUT2D eigenvalue weighted by atomic mass is 127. The number of amides is 1. The molecule has 0 saturated heterocycles. The van der Waals surface area contributed by atoms with Crippen LogP contribution >= 0.6 is 33.9 Å². The quantitative estimate of drug-likeness (QED) is 0.495. The van der Waals surface area contributed by atoms with E-state index in [0.717, 1.165) is 14.5 Å². The standard InChI is InChI=1S/C13H8IN3O2S/c14-7-3-4-9-8(6-7)11(13(19)15-9)16-17-12(18)10-2-1-5-20-10/h1-6,15,19H. The number of nitrogens with zero attached hydrogens (tertiary/aromatic N) is 2. The van der Waals surface area contributed by atoms with Gasteiger partial charge in [0.2, 0.25) is 5.88 Å². The number of carbonyl (C=O) groups is 1. The zero-order valence-corrected chi connectivity index (χ0v) is 13.0. The number of azo groups is 1. The van der Waals surface area contributed by atoms with E-state index in [0.29, 0.717) is 4.88 Å². The van der Waals surface area contributed by atoms with Crippen molar-refractivity contribution in [3.8, 4) is 5.88 Å². The molecule has 0 aliphatic rings. The molecule has 1 aromatic carbocycles. The molecule has 100 valence electrons. The van der Waals surface area contributed by atoms with E-state index in [1.807, 2.05) is 18.2 Å². The molecule has 3 rings (SSSR count). The number of nitrogens with one attached hydrogen (secondary N) is 1. The molecule has 20 heavy (non-hydrogen) atoms. The molecular weight excluding hydrogens is 389 g/mol. The lowest BCUT2D eigenvalue weighted by Gasteiger charge is -1.93. The molecule has 0 atom stereocenters. The van der Waals surface area contributed by atoms with Gasteiger partial charge in [0.1, 0.15) is 0 Å². The normalized spacial score (nSPS) is 11.4. The minimum atomic E-state index is -0.417. The summed E-state index contributed by atoms with van der Waals surface area (Å²) in [6.45, 7) is 0. The van der Waals surface area contributed by atoms with Gasteiger partial charge < -0.3 is 10.1 Å². The molecule has 7 heteroatoms. The second-order valence-corrected chi connectivity index (χ2v) is 6.19. The number of aromatic nitrogens is 1. The van der Waals surface area contributed by atoms with Crippen molar-refractivity contribution in [2.45, 2.75) is 0 Å². The van der Waals surface area contributed by atoms with Crippen LogP contribution < -0.4 is 0 Å².